The van der Waals surface area contributed by atoms with Crippen molar-refractivity contribution in [2.24, 2.45) is 11.8 Å². The number of carboxylic acids is 1. The van der Waals surface area contributed by atoms with Crippen LogP contribution in [-0.4, -0.2) is 22.0 Å². The SMILES string of the molecule is Cc1csc(-c2c(NC(=O)C3=C(C(=O)O)C4CCC3CC4)sc3c2CCC3)n1. The molecule has 2 aromatic heterocycles. The van der Waals surface area contributed by atoms with Crippen LogP contribution >= 0.6 is 22.7 Å². The summed E-state index contributed by atoms with van der Waals surface area (Å²) < 4.78 is 0. The van der Waals surface area contributed by atoms with Gasteiger partial charge in [-0.15, -0.1) is 22.7 Å². The van der Waals surface area contributed by atoms with Crippen molar-refractivity contribution in [3.8, 4) is 10.6 Å². The zero-order valence-electron chi connectivity index (χ0n) is 15.7. The molecule has 2 heterocycles. The molecular formula is C21H22N2O3S2. The highest BCUT2D eigenvalue weighted by atomic mass is 32.1. The van der Waals surface area contributed by atoms with Crippen LogP contribution in [0, 0.1) is 18.8 Å². The standard InChI is InChI=1S/C21H22N2O3S2/c1-10-9-27-19(22-10)17-13-3-2-4-14(13)28-20(17)23-18(24)15-11-5-7-12(8-6-11)16(15)21(25)26/h9,11-12H,2-8H2,1H3,(H,23,24)(H,25,26). The summed E-state index contributed by atoms with van der Waals surface area (Å²) in [5.74, 6) is -1.05. The van der Waals surface area contributed by atoms with Gasteiger partial charge >= 0.3 is 5.97 Å². The van der Waals surface area contributed by atoms with Crippen LogP contribution in [0.2, 0.25) is 0 Å². The van der Waals surface area contributed by atoms with Crippen LogP contribution in [0.3, 0.4) is 0 Å². The second kappa shape index (κ2) is 6.81. The summed E-state index contributed by atoms with van der Waals surface area (Å²) in [5, 5.41) is 16.7. The molecule has 5 nitrogen and oxygen atoms in total. The van der Waals surface area contributed by atoms with Crippen molar-refractivity contribution in [1.82, 2.24) is 4.98 Å². The van der Waals surface area contributed by atoms with Crippen LogP contribution in [-0.2, 0) is 22.4 Å². The molecule has 0 aromatic carbocycles. The quantitative estimate of drug-likeness (QED) is 0.753. The van der Waals surface area contributed by atoms with Gasteiger partial charge in [-0.2, -0.15) is 0 Å². The number of thiophene rings is 1. The summed E-state index contributed by atoms with van der Waals surface area (Å²) in [6, 6.07) is 0. The number of carbonyl (C=O) groups excluding carboxylic acids is 1. The predicted molar refractivity (Wildman–Crippen MR) is 111 cm³/mol. The zero-order valence-corrected chi connectivity index (χ0v) is 17.3. The number of hydrogen-bond donors (Lipinski definition) is 2. The minimum atomic E-state index is -0.927. The van der Waals surface area contributed by atoms with E-state index in [2.05, 4.69) is 10.3 Å². The van der Waals surface area contributed by atoms with Crippen molar-refractivity contribution in [2.45, 2.75) is 51.9 Å². The monoisotopic (exact) mass is 414 g/mol. The molecule has 4 aliphatic rings. The highest BCUT2D eigenvalue weighted by Crippen LogP contribution is 2.48. The molecule has 4 aliphatic carbocycles. The molecule has 0 saturated heterocycles. The molecule has 2 aromatic rings. The van der Waals surface area contributed by atoms with Crippen LogP contribution in [0.1, 0.15) is 48.2 Å². The molecule has 0 unspecified atom stereocenters. The number of fused-ring (bicyclic) bond motifs is 3. The Morgan fingerprint density at radius 2 is 1.86 bits per heavy atom. The van der Waals surface area contributed by atoms with Gasteiger partial charge in [0.15, 0.2) is 0 Å². The summed E-state index contributed by atoms with van der Waals surface area (Å²) in [4.78, 5) is 31.1. The van der Waals surface area contributed by atoms with Crippen molar-refractivity contribution in [3.05, 3.63) is 32.7 Å². The first kappa shape index (κ1) is 18.1. The van der Waals surface area contributed by atoms with E-state index in [-0.39, 0.29) is 17.7 Å². The second-order valence-electron chi connectivity index (χ2n) is 7.99. The van der Waals surface area contributed by atoms with Crippen LogP contribution in [0.4, 0.5) is 5.00 Å². The second-order valence-corrected chi connectivity index (χ2v) is 9.95. The Hall–Kier alpha value is -1.99. The predicted octanol–water partition coefficient (Wildman–Crippen LogP) is 4.81. The fraction of sp³-hybridized carbons (Fsp3) is 0.476. The van der Waals surface area contributed by atoms with E-state index in [1.165, 1.54) is 10.4 Å². The Morgan fingerprint density at radius 1 is 1.14 bits per heavy atom. The van der Waals surface area contributed by atoms with Gasteiger partial charge in [0, 0.05) is 32.7 Å². The number of aromatic nitrogens is 1. The lowest BCUT2D eigenvalue weighted by atomic mass is 9.66. The van der Waals surface area contributed by atoms with E-state index in [4.69, 9.17) is 0 Å². The highest BCUT2D eigenvalue weighted by molar-refractivity contribution is 7.18. The molecule has 1 saturated carbocycles. The number of thiazole rings is 1. The Balaban J connectivity index is 1.54. The molecule has 28 heavy (non-hydrogen) atoms. The number of hydrogen-bond acceptors (Lipinski definition) is 5. The van der Waals surface area contributed by atoms with Crippen molar-refractivity contribution in [2.75, 3.05) is 5.32 Å². The van der Waals surface area contributed by atoms with Crippen LogP contribution in [0.5, 0.6) is 0 Å². The Bertz CT molecular complexity index is 1010. The Labute approximate surface area is 171 Å². The first-order chi connectivity index (χ1) is 13.5. The molecule has 2 N–H and O–H groups in total. The van der Waals surface area contributed by atoms with Gasteiger partial charge in [0.2, 0.25) is 0 Å². The van der Waals surface area contributed by atoms with Gasteiger partial charge in [-0.3, -0.25) is 4.79 Å². The number of amides is 1. The molecule has 1 fully saturated rings. The number of carboxylic acid groups (broad SMARTS) is 1. The summed E-state index contributed by atoms with van der Waals surface area (Å²) in [6.07, 6.45) is 6.82. The van der Waals surface area contributed by atoms with Crippen LogP contribution in [0.25, 0.3) is 10.6 Å². The van der Waals surface area contributed by atoms with Crippen molar-refractivity contribution in [1.29, 1.82) is 0 Å². The van der Waals surface area contributed by atoms with Gasteiger partial charge in [-0.1, -0.05) is 0 Å². The molecule has 0 atom stereocenters. The van der Waals surface area contributed by atoms with Gasteiger partial charge in [0.05, 0.1) is 0 Å². The summed E-state index contributed by atoms with van der Waals surface area (Å²) >= 11 is 3.25. The average molecular weight is 415 g/mol. The largest absolute Gasteiger partial charge is 0.478 e. The molecule has 0 radical (unpaired) electrons. The lowest BCUT2D eigenvalue weighted by molar-refractivity contribution is -0.134. The number of aryl methyl sites for hydroxylation is 2. The lowest BCUT2D eigenvalue weighted by Crippen LogP contribution is -2.35. The minimum absolute atomic E-state index is 0.0256. The minimum Gasteiger partial charge on any atom is -0.478 e. The van der Waals surface area contributed by atoms with Gasteiger partial charge in [-0.05, 0) is 69.3 Å². The molecular weight excluding hydrogens is 392 g/mol. The third-order valence-electron chi connectivity index (χ3n) is 6.29. The summed E-state index contributed by atoms with van der Waals surface area (Å²) in [7, 11) is 0. The normalized spacial score (nSPS) is 23.2. The summed E-state index contributed by atoms with van der Waals surface area (Å²) in [6.45, 7) is 1.98. The molecule has 146 valence electrons. The van der Waals surface area contributed by atoms with E-state index >= 15 is 0 Å². The fourth-order valence-electron chi connectivity index (χ4n) is 5.07. The van der Waals surface area contributed by atoms with Crippen LogP contribution in [0.15, 0.2) is 16.5 Å². The number of nitrogens with one attached hydrogen (secondary N) is 1. The van der Waals surface area contributed by atoms with E-state index in [9.17, 15) is 14.7 Å². The molecule has 2 bridgehead atoms. The number of carbonyl (C=O) groups is 2. The lowest BCUT2D eigenvalue weighted by Gasteiger charge is -2.37. The van der Waals surface area contributed by atoms with Gasteiger partial charge in [0.25, 0.3) is 5.91 Å². The first-order valence-corrected chi connectivity index (χ1v) is 11.6. The number of rotatable bonds is 4. The van der Waals surface area contributed by atoms with Gasteiger partial charge in [-0.25, -0.2) is 9.78 Å². The fourth-order valence-corrected chi connectivity index (χ4v) is 7.29. The third-order valence-corrected chi connectivity index (χ3v) is 8.47. The highest BCUT2D eigenvalue weighted by Gasteiger charge is 2.41. The van der Waals surface area contributed by atoms with Crippen molar-refractivity contribution >= 4 is 39.6 Å². The van der Waals surface area contributed by atoms with Crippen LogP contribution < -0.4 is 5.32 Å². The molecule has 0 spiro atoms. The van der Waals surface area contributed by atoms with Gasteiger partial charge in [0.1, 0.15) is 10.0 Å². The van der Waals surface area contributed by atoms with Crippen molar-refractivity contribution < 1.29 is 14.7 Å². The average Bonchev–Trinajstić information content (AvgIpc) is 3.38. The van der Waals surface area contributed by atoms with E-state index < -0.39 is 5.97 Å². The molecule has 6 rings (SSSR count). The Morgan fingerprint density at radius 3 is 2.50 bits per heavy atom. The topological polar surface area (TPSA) is 79.3 Å². The van der Waals surface area contributed by atoms with E-state index in [1.807, 2.05) is 12.3 Å². The maximum absolute atomic E-state index is 13.2. The van der Waals surface area contributed by atoms with E-state index in [0.29, 0.717) is 11.1 Å². The van der Waals surface area contributed by atoms with Gasteiger partial charge < -0.3 is 10.4 Å². The molecule has 1 amide bonds. The van der Waals surface area contributed by atoms with E-state index in [0.717, 1.165) is 66.2 Å². The van der Waals surface area contributed by atoms with E-state index in [1.54, 1.807) is 22.7 Å². The zero-order chi connectivity index (χ0) is 19.4. The maximum Gasteiger partial charge on any atom is 0.332 e. The maximum atomic E-state index is 13.2. The Kier molecular flexibility index (Phi) is 4.39. The van der Waals surface area contributed by atoms with Crippen molar-refractivity contribution in [3.63, 3.8) is 0 Å². The molecule has 0 aliphatic heterocycles. The third kappa shape index (κ3) is 2.83. The summed E-state index contributed by atoms with van der Waals surface area (Å²) in [5.41, 5.74) is 4.23. The number of anilines is 1. The first-order valence-electron chi connectivity index (χ1n) is 9.88. The number of aliphatic carboxylic acids is 1. The molecule has 7 heteroatoms. The smallest absolute Gasteiger partial charge is 0.332 e. The number of nitrogens with zero attached hydrogens (tertiary/aromatic N) is 1.